The molecule has 1 heterocycles. The van der Waals surface area contributed by atoms with Crippen LogP contribution in [0.25, 0.3) is 10.4 Å². The molecule has 0 unspecified atom stereocenters. The summed E-state index contributed by atoms with van der Waals surface area (Å²) < 4.78 is 5.14. The van der Waals surface area contributed by atoms with Crippen molar-refractivity contribution >= 4 is 28.1 Å². The Labute approximate surface area is 116 Å². The Balaban J connectivity index is 2.20. The topological polar surface area (TPSA) is 34.2 Å². The Kier molecular flexibility index (Phi) is 4.44. The summed E-state index contributed by atoms with van der Waals surface area (Å²) in [4.78, 5) is 5.43. The van der Waals surface area contributed by atoms with Gasteiger partial charge in [-0.15, -0.1) is 0 Å². The number of thiazole rings is 1. The van der Waals surface area contributed by atoms with Crippen LogP contribution < -0.4 is 10.1 Å². The van der Waals surface area contributed by atoms with E-state index in [1.54, 1.807) is 18.4 Å². The number of aromatic nitrogens is 1. The summed E-state index contributed by atoms with van der Waals surface area (Å²) >= 11 is 7.74. The normalized spacial score (nSPS) is 10.4. The number of nitrogens with zero attached hydrogens (tertiary/aromatic N) is 1. The lowest BCUT2D eigenvalue weighted by atomic mass is 10.2. The first kappa shape index (κ1) is 13.2. The van der Waals surface area contributed by atoms with Crippen LogP contribution in [0.2, 0.25) is 5.02 Å². The van der Waals surface area contributed by atoms with E-state index in [2.05, 4.69) is 17.2 Å². The first-order valence-electron chi connectivity index (χ1n) is 5.78. The third kappa shape index (κ3) is 2.94. The van der Waals surface area contributed by atoms with Crippen molar-refractivity contribution in [2.45, 2.75) is 13.3 Å². The molecule has 0 amide bonds. The van der Waals surface area contributed by atoms with Crippen LogP contribution in [0, 0.1) is 0 Å². The fourth-order valence-electron chi connectivity index (χ4n) is 1.54. The molecular weight excluding hydrogens is 268 g/mol. The van der Waals surface area contributed by atoms with Gasteiger partial charge in [0.2, 0.25) is 0 Å². The summed E-state index contributed by atoms with van der Waals surface area (Å²) in [5.41, 5.74) is 1.06. The highest BCUT2D eigenvalue weighted by Crippen LogP contribution is 2.34. The van der Waals surface area contributed by atoms with Gasteiger partial charge in [-0.05, 0) is 30.2 Å². The van der Waals surface area contributed by atoms with Crippen molar-refractivity contribution in [1.82, 2.24) is 4.98 Å². The van der Waals surface area contributed by atoms with Crippen LogP contribution in [0.4, 0.5) is 5.13 Å². The average molecular weight is 283 g/mol. The second-order valence-electron chi connectivity index (χ2n) is 3.81. The number of anilines is 1. The van der Waals surface area contributed by atoms with Gasteiger partial charge in [0.05, 0.1) is 17.0 Å². The average Bonchev–Trinajstić information content (AvgIpc) is 2.85. The Bertz CT molecular complexity index is 527. The van der Waals surface area contributed by atoms with Crippen molar-refractivity contribution in [3.63, 3.8) is 0 Å². The number of rotatable bonds is 5. The fourth-order valence-corrected chi connectivity index (χ4v) is 2.64. The third-order valence-corrected chi connectivity index (χ3v) is 3.77. The lowest BCUT2D eigenvalue weighted by molar-refractivity contribution is 0.415. The summed E-state index contributed by atoms with van der Waals surface area (Å²) in [5, 5.41) is 4.83. The minimum absolute atomic E-state index is 0.617. The minimum atomic E-state index is 0.617. The summed E-state index contributed by atoms with van der Waals surface area (Å²) in [5.74, 6) is 0.689. The zero-order chi connectivity index (χ0) is 13.0. The molecule has 1 aromatic carbocycles. The van der Waals surface area contributed by atoms with Gasteiger partial charge in [0.25, 0.3) is 0 Å². The molecule has 2 aromatic rings. The van der Waals surface area contributed by atoms with Gasteiger partial charge in [0.1, 0.15) is 5.75 Å². The molecular formula is C13H15ClN2OS. The van der Waals surface area contributed by atoms with Gasteiger partial charge in [-0.25, -0.2) is 4.98 Å². The molecule has 5 heteroatoms. The molecule has 0 aliphatic carbocycles. The van der Waals surface area contributed by atoms with Gasteiger partial charge in [0.15, 0.2) is 5.13 Å². The quantitative estimate of drug-likeness (QED) is 0.888. The van der Waals surface area contributed by atoms with E-state index in [4.69, 9.17) is 16.3 Å². The van der Waals surface area contributed by atoms with Gasteiger partial charge in [-0.1, -0.05) is 29.9 Å². The van der Waals surface area contributed by atoms with Crippen molar-refractivity contribution < 1.29 is 4.74 Å². The van der Waals surface area contributed by atoms with E-state index in [1.807, 2.05) is 24.4 Å². The van der Waals surface area contributed by atoms with Crippen LogP contribution >= 0.6 is 22.9 Å². The standard InChI is InChI=1S/C13H15ClN2OS/c1-3-6-15-13-16-8-12(18-13)9-4-5-11(17-2)10(14)7-9/h4-5,7-8H,3,6H2,1-2H3,(H,15,16). The predicted molar refractivity (Wildman–Crippen MR) is 77.9 cm³/mol. The molecule has 0 saturated carbocycles. The van der Waals surface area contributed by atoms with Gasteiger partial charge >= 0.3 is 0 Å². The van der Waals surface area contributed by atoms with Crippen LogP contribution in [0.15, 0.2) is 24.4 Å². The smallest absolute Gasteiger partial charge is 0.183 e. The maximum absolute atomic E-state index is 6.11. The van der Waals surface area contributed by atoms with Crippen molar-refractivity contribution in [3.05, 3.63) is 29.4 Å². The van der Waals surface area contributed by atoms with Crippen molar-refractivity contribution in [1.29, 1.82) is 0 Å². The van der Waals surface area contributed by atoms with Crippen molar-refractivity contribution in [2.75, 3.05) is 19.0 Å². The highest BCUT2D eigenvalue weighted by molar-refractivity contribution is 7.18. The second kappa shape index (κ2) is 6.07. The van der Waals surface area contributed by atoms with E-state index >= 15 is 0 Å². The molecule has 0 radical (unpaired) electrons. The van der Waals surface area contributed by atoms with E-state index in [9.17, 15) is 0 Å². The molecule has 1 aromatic heterocycles. The summed E-state index contributed by atoms with van der Waals surface area (Å²) in [6, 6.07) is 5.76. The molecule has 0 aliphatic rings. The Morgan fingerprint density at radius 2 is 2.28 bits per heavy atom. The molecule has 0 saturated heterocycles. The number of halogens is 1. The van der Waals surface area contributed by atoms with Crippen molar-refractivity contribution in [3.8, 4) is 16.2 Å². The van der Waals surface area contributed by atoms with E-state index in [-0.39, 0.29) is 0 Å². The SMILES string of the molecule is CCCNc1ncc(-c2ccc(OC)c(Cl)c2)s1. The Hall–Kier alpha value is -1.26. The van der Waals surface area contributed by atoms with Crippen LogP contribution in [-0.2, 0) is 0 Å². The van der Waals surface area contributed by atoms with Gasteiger partial charge in [-0.3, -0.25) is 0 Å². The van der Waals surface area contributed by atoms with Gasteiger partial charge in [-0.2, -0.15) is 0 Å². The minimum Gasteiger partial charge on any atom is -0.495 e. The van der Waals surface area contributed by atoms with Gasteiger partial charge < -0.3 is 10.1 Å². The highest BCUT2D eigenvalue weighted by Gasteiger charge is 2.07. The zero-order valence-corrected chi connectivity index (χ0v) is 11.9. The maximum atomic E-state index is 6.11. The molecule has 0 bridgehead atoms. The summed E-state index contributed by atoms with van der Waals surface area (Å²) in [6.07, 6.45) is 2.95. The molecule has 0 fully saturated rings. The number of nitrogens with one attached hydrogen (secondary N) is 1. The van der Waals surface area contributed by atoms with E-state index < -0.39 is 0 Å². The molecule has 1 N–H and O–H groups in total. The number of ether oxygens (including phenoxy) is 1. The van der Waals surface area contributed by atoms with E-state index in [1.165, 1.54) is 0 Å². The van der Waals surface area contributed by atoms with Crippen LogP contribution in [0.5, 0.6) is 5.75 Å². The molecule has 0 spiro atoms. The number of hydrogen-bond acceptors (Lipinski definition) is 4. The first-order valence-corrected chi connectivity index (χ1v) is 6.97. The van der Waals surface area contributed by atoms with Crippen LogP contribution in [-0.4, -0.2) is 18.6 Å². The number of hydrogen-bond donors (Lipinski definition) is 1. The molecule has 18 heavy (non-hydrogen) atoms. The lowest BCUT2D eigenvalue weighted by Crippen LogP contribution is -1.97. The molecule has 96 valence electrons. The number of benzene rings is 1. The van der Waals surface area contributed by atoms with Crippen molar-refractivity contribution in [2.24, 2.45) is 0 Å². The molecule has 2 rings (SSSR count). The monoisotopic (exact) mass is 282 g/mol. The van der Waals surface area contributed by atoms with E-state index in [0.717, 1.165) is 28.5 Å². The molecule has 3 nitrogen and oxygen atoms in total. The van der Waals surface area contributed by atoms with Gasteiger partial charge in [0, 0.05) is 12.7 Å². The van der Waals surface area contributed by atoms with E-state index in [0.29, 0.717) is 10.8 Å². The third-order valence-electron chi connectivity index (χ3n) is 2.47. The molecule has 0 atom stereocenters. The molecule has 0 aliphatic heterocycles. The Morgan fingerprint density at radius 3 is 2.94 bits per heavy atom. The first-order chi connectivity index (χ1) is 8.74. The van der Waals surface area contributed by atoms with Crippen LogP contribution in [0.3, 0.4) is 0 Å². The second-order valence-corrected chi connectivity index (χ2v) is 5.24. The predicted octanol–water partition coefficient (Wildman–Crippen LogP) is 4.29. The number of methoxy groups -OCH3 is 1. The maximum Gasteiger partial charge on any atom is 0.183 e. The fraction of sp³-hybridized carbons (Fsp3) is 0.308. The Morgan fingerprint density at radius 1 is 1.44 bits per heavy atom. The lowest BCUT2D eigenvalue weighted by Gasteiger charge is -2.04. The highest BCUT2D eigenvalue weighted by atomic mass is 35.5. The van der Waals surface area contributed by atoms with Crippen LogP contribution in [0.1, 0.15) is 13.3 Å². The zero-order valence-electron chi connectivity index (χ0n) is 10.4. The largest absolute Gasteiger partial charge is 0.495 e. The summed E-state index contributed by atoms with van der Waals surface area (Å²) in [7, 11) is 1.61. The summed E-state index contributed by atoms with van der Waals surface area (Å²) in [6.45, 7) is 3.07.